The summed E-state index contributed by atoms with van der Waals surface area (Å²) in [5, 5.41) is 3.83. The zero-order chi connectivity index (χ0) is 16.2. The van der Waals surface area contributed by atoms with Gasteiger partial charge in [0.05, 0.1) is 20.3 Å². The summed E-state index contributed by atoms with van der Waals surface area (Å²) in [5.74, 6) is 0.994. The number of hydrogen-bond acceptors (Lipinski definition) is 7. The summed E-state index contributed by atoms with van der Waals surface area (Å²) in [6, 6.07) is 5.76. The number of carbonyl (C=O) groups excluding carboxylic acids is 1. The van der Waals surface area contributed by atoms with E-state index in [-0.39, 0.29) is 10.0 Å². The molecule has 2 heterocycles. The molecule has 0 amide bonds. The molecule has 8 heteroatoms. The maximum atomic E-state index is 11.6. The molecular weight excluding hydrogens is 340 g/mol. The molecule has 0 bridgehead atoms. The van der Waals surface area contributed by atoms with Crippen LogP contribution in [0.3, 0.4) is 0 Å². The van der Waals surface area contributed by atoms with Gasteiger partial charge in [-0.1, -0.05) is 35.1 Å². The number of benzene rings is 1. The first kappa shape index (κ1) is 15.9. The van der Waals surface area contributed by atoms with Crippen molar-refractivity contribution in [2.75, 3.05) is 25.6 Å². The largest absolute Gasteiger partial charge is 0.490 e. The topological polar surface area (TPSA) is 69.7 Å². The number of halogens is 1. The SMILES string of the molecule is COC(=O)c1sc(NCc2cccc3c2OCCCO3)nc1Cl. The fourth-order valence-corrected chi connectivity index (χ4v) is 3.26. The maximum absolute atomic E-state index is 11.6. The lowest BCUT2D eigenvalue weighted by Crippen LogP contribution is -2.03. The molecule has 6 nitrogen and oxygen atoms in total. The third-order valence-electron chi connectivity index (χ3n) is 3.24. The van der Waals surface area contributed by atoms with E-state index in [1.807, 2.05) is 18.2 Å². The molecule has 3 rings (SSSR count). The lowest BCUT2D eigenvalue weighted by molar-refractivity contribution is 0.0606. The molecule has 0 atom stereocenters. The fraction of sp³-hybridized carbons (Fsp3) is 0.333. The minimum atomic E-state index is -0.495. The molecule has 1 aliphatic rings. The van der Waals surface area contributed by atoms with Crippen molar-refractivity contribution in [2.24, 2.45) is 0 Å². The van der Waals surface area contributed by atoms with Gasteiger partial charge in [0.2, 0.25) is 0 Å². The summed E-state index contributed by atoms with van der Waals surface area (Å²) in [4.78, 5) is 16.0. The van der Waals surface area contributed by atoms with E-state index in [1.54, 1.807) is 0 Å². The quantitative estimate of drug-likeness (QED) is 0.849. The Kier molecular flexibility index (Phi) is 4.88. The van der Waals surface area contributed by atoms with Gasteiger partial charge >= 0.3 is 5.97 Å². The Morgan fingerprint density at radius 2 is 2.26 bits per heavy atom. The van der Waals surface area contributed by atoms with Gasteiger partial charge in [-0.15, -0.1) is 0 Å². The van der Waals surface area contributed by atoms with Crippen LogP contribution in [0.5, 0.6) is 11.5 Å². The van der Waals surface area contributed by atoms with Gasteiger partial charge in [0.25, 0.3) is 0 Å². The monoisotopic (exact) mass is 354 g/mol. The smallest absolute Gasteiger partial charge is 0.351 e. The van der Waals surface area contributed by atoms with Crippen LogP contribution >= 0.6 is 22.9 Å². The average molecular weight is 355 g/mol. The third-order valence-corrected chi connectivity index (χ3v) is 4.62. The van der Waals surface area contributed by atoms with E-state index >= 15 is 0 Å². The van der Waals surface area contributed by atoms with E-state index in [9.17, 15) is 4.79 Å². The van der Waals surface area contributed by atoms with Crippen molar-refractivity contribution in [3.05, 3.63) is 33.8 Å². The van der Waals surface area contributed by atoms with Crippen molar-refractivity contribution in [1.29, 1.82) is 0 Å². The van der Waals surface area contributed by atoms with Gasteiger partial charge in [-0.2, -0.15) is 0 Å². The van der Waals surface area contributed by atoms with Gasteiger partial charge in [-0.25, -0.2) is 9.78 Å². The molecule has 122 valence electrons. The maximum Gasteiger partial charge on any atom is 0.351 e. The second kappa shape index (κ2) is 7.06. The molecule has 1 aromatic carbocycles. The number of anilines is 1. The first-order valence-electron chi connectivity index (χ1n) is 7.05. The van der Waals surface area contributed by atoms with Crippen molar-refractivity contribution in [3.63, 3.8) is 0 Å². The molecule has 0 spiro atoms. The number of carbonyl (C=O) groups is 1. The number of para-hydroxylation sites is 1. The number of rotatable bonds is 4. The summed E-state index contributed by atoms with van der Waals surface area (Å²) in [6.45, 7) is 1.75. The molecule has 0 saturated carbocycles. The summed E-state index contributed by atoms with van der Waals surface area (Å²) in [5.41, 5.74) is 0.954. The van der Waals surface area contributed by atoms with Gasteiger partial charge in [-0.3, -0.25) is 0 Å². The number of nitrogens with zero attached hydrogens (tertiary/aromatic N) is 1. The van der Waals surface area contributed by atoms with E-state index in [0.29, 0.717) is 24.9 Å². The minimum Gasteiger partial charge on any atom is -0.490 e. The molecule has 1 aliphatic heterocycles. The Morgan fingerprint density at radius 3 is 3.09 bits per heavy atom. The fourth-order valence-electron chi connectivity index (χ4n) is 2.16. The van der Waals surface area contributed by atoms with E-state index in [0.717, 1.165) is 34.8 Å². The molecule has 0 unspecified atom stereocenters. The number of aromatic nitrogens is 1. The zero-order valence-electron chi connectivity index (χ0n) is 12.4. The zero-order valence-corrected chi connectivity index (χ0v) is 14.0. The minimum absolute atomic E-state index is 0.135. The van der Waals surface area contributed by atoms with E-state index in [2.05, 4.69) is 15.0 Å². The number of ether oxygens (including phenoxy) is 3. The number of nitrogens with one attached hydrogen (secondary N) is 1. The highest BCUT2D eigenvalue weighted by molar-refractivity contribution is 7.18. The van der Waals surface area contributed by atoms with Crippen molar-refractivity contribution < 1.29 is 19.0 Å². The van der Waals surface area contributed by atoms with Crippen LogP contribution in [0, 0.1) is 0 Å². The Hall–Kier alpha value is -1.99. The number of fused-ring (bicyclic) bond motifs is 1. The molecule has 1 N–H and O–H groups in total. The van der Waals surface area contributed by atoms with Gasteiger partial charge in [0, 0.05) is 18.5 Å². The van der Waals surface area contributed by atoms with Crippen LogP contribution < -0.4 is 14.8 Å². The summed E-state index contributed by atoms with van der Waals surface area (Å²) in [7, 11) is 1.31. The molecule has 0 radical (unpaired) electrons. The molecule has 0 saturated heterocycles. The van der Waals surface area contributed by atoms with Gasteiger partial charge < -0.3 is 19.5 Å². The molecule has 23 heavy (non-hydrogen) atoms. The van der Waals surface area contributed by atoms with E-state index < -0.39 is 5.97 Å². The molecule has 0 aliphatic carbocycles. The molecule has 1 aromatic heterocycles. The van der Waals surface area contributed by atoms with Crippen LogP contribution in [-0.4, -0.2) is 31.3 Å². The normalized spacial score (nSPS) is 13.3. The van der Waals surface area contributed by atoms with Crippen LogP contribution in [-0.2, 0) is 11.3 Å². The Bertz CT molecular complexity index is 719. The van der Waals surface area contributed by atoms with Crippen molar-refractivity contribution >= 4 is 34.0 Å². The average Bonchev–Trinajstić information content (AvgIpc) is 2.78. The highest BCUT2D eigenvalue weighted by atomic mass is 35.5. The molecule has 2 aromatic rings. The molecular formula is C15H15ClN2O4S. The standard InChI is InChI=1S/C15H15ClN2O4S/c1-20-14(19)12-13(16)18-15(23-12)17-8-9-4-2-5-10-11(9)22-7-3-6-21-10/h2,4-5H,3,6-8H2,1H3,(H,17,18). The number of methoxy groups -OCH3 is 1. The highest BCUT2D eigenvalue weighted by Gasteiger charge is 2.18. The lowest BCUT2D eigenvalue weighted by atomic mass is 10.2. The predicted octanol–water partition coefficient (Wildman–Crippen LogP) is 3.36. The van der Waals surface area contributed by atoms with Gasteiger partial charge in [0.15, 0.2) is 26.7 Å². The highest BCUT2D eigenvalue weighted by Crippen LogP contribution is 2.34. The summed E-state index contributed by atoms with van der Waals surface area (Å²) in [6.07, 6.45) is 0.853. The van der Waals surface area contributed by atoms with Crippen LogP contribution in [0.15, 0.2) is 18.2 Å². The second-order valence-electron chi connectivity index (χ2n) is 4.78. The van der Waals surface area contributed by atoms with Crippen LogP contribution in [0.1, 0.15) is 21.7 Å². The lowest BCUT2D eigenvalue weighted by Gasteiger charge is -2.12. The van der Waals surface area contributed by atoms with Crippen LogP contribution in [0.25, 0.3) is 0 Å². The summed E-state index contributed by atoms with van der Waals surface area (Å²) >= 11 is 7.10. The van der Waals surface area contributed by atoms with Crippen molar-refractivity contribution in [1.82, 2.24) is 4.98 Å². The Balaban J connectivity index is 1.75. The Morgan fingerprint density at radius 1 is 1.43 bits per heavy atom. The van der Waals surface area contributed by atoms with Gasteiger partial charge in [0.1, 0.15) is 0 Å². The van der Waals surface area contributed by atoms with Gasteiger partial charge in [-0.05, 0) is 6.07 Å². The number of hydrogen-bond donors (Lipinski definition) is 1. The van der Waals surface area contributed by atoms with Crippen LogP contribution in [0.2, 0.25) is 5.15 Å². The third kappa shape index (κ3) is 3.51. The number of esters is 1. The first-order valence-corrected chi connectivity index (χ1v) is 8.24. The van der Waals surface area contributed by atoms with Crippen LogP contribution in [0.4, 0.5) is 5.13 Å². The molecule has 0 fully saturated rings. The predicted molar refractivity (Wildman–Crippen MR) is 87.8 cm³/mol. The Labute approximate surface area is 142 Å². The van der Waals surface area contributed by atoms with E-state index in [4.69, 9.17) is 21.1 Å². The second-order valence-corrected chi connectivity index (χ2v) is 6.14. The number of thiazole rings is 1. The van der Waals surface area contributed by atoms with Crippen molar-refractivity contribution in [2.45, 2.75) is 13.0 Å². The van der Waals surface area contributed by atoms with E-state index in [1.165, 1.54) is 7.11 Å². The first-order chi connectivity index (χ1) is 11.2. The van der Waals surface area contributed by atoms with Crippen molar-refractivity contribution in [3.8, 4) is 11.5 Å². The summed E-state index contributed by atoms with van der Waals surface area (Å²) < 4.78 is 16.1.